The molecule has 1 aromatic carbocycles. The molecule has 2 aromatic heterocycles. The summed E-state index contributed by atoms with van der Waals surface area (Å²) in [6, 6.07) is 15.4. The molecule has 2 heterocycles. The van der Waals surface area contributed by atoms with Crippen LogP contribution in [0.25, 0.3) is 16.6 Å². The number of hydrogen-bond acceptors (Lipinski definition) is 1. The molecule has 0 saturated carbocycles. The van der Waals surface area contributed by atoms with E-state index in [1.807, 2.05) is 59.3 Å². The van der Waals surface area contributed by atoms with E-state index in [0.29, 0.717) is 5.56 Å². The van der Waals surface area contributed by atoms with Gasteiger partial charge >= 0.3 is 0 Å². The predicted molar refractivity (Wildman–Crippen MR) is 71.4 cm³/mol. The Morgan fingerprint density at radius 2 is 1.67 bits per heavy atom. The smallest absolute Gasteiger partial charge is 0.249 e. The van der Waals surface area contributed by atoms with Crippen LogP contribution in [0.5, 0.6) is 0 Å². The molecule has 0 aliphatic heterocycles. The quantitative estimate of drug-likeness (QED) is 0.730. The fraction of sp³-hybridized carbons (Fsp3) is 0. The maximum Gasteiger partial charge on any atom is 0.249 e. The van der Waals surface area contributed by atoms with Crippen LogP contribution < -0.4 is 5.73 Å². The van der Waals surface area contributed by atoms with Crippen LogP contribution in [0.4, 0.5) is 0 Å². The highest BCUT2D eigenvalue weighted by atomic mass is 16.1. The van der Waals surface area contributed by atoms with Gasteiger partial charge in [0.15, 0.2) is 0 Å². The average Bonchev–Trinajstić information content (AvgIpc) is 2.82. The second kappa shape index (κ2) is 4.04. The number of fused-ring (bicyclic) bond motifs is 1. The monoisotopic (exact) mass is 236 g/mol. The molecule has 0 unspecified atom stereocenters. The van der Waals surface area contributed by atoms with Crippen LogP contribution in [0.3, 0.4) is 0 Å². The Balaban J connectivity index is 2.30. The third kappa shape index (κ3) is 1.57. The highest BCUT2D eigenvalue weighted by Crippen LogP contribution is 2.28. The number of benzene rings is 1. The summed E-state index contributed by atoms with van der Waals surface area (Å²) >= 11 is 0. The summed E-state index contributed by atoms with van der Waals surface area (Å²) in [6.07, 6.45) is 3.95. The summed E-state index contributed by atoms with van der Waals surface area (Å²) in [5, 5.41) is 0. The van der Waals surface area contributed by atoms with Crippen LogP contribution in [-0.4, -0.2) is 10.3 Å². The standard InChI is InChI=1S/C15H12N2O/c16-15(18)13-6-2-1-5-11(13)12-8-10-17-9-4-3-7-14(12)17/h1-10H,(H2,16,18). The lowest BCUT2D eigenvalue weighted by Gasteiger charge is -2.05. The molecule has 3 heteroatoms. The van der Waals surface area contributed by atoms with Crippen molar-refractivity contribution in [2.24, 2.45) is 5.73 Å². The maximum absolute atomic E-state index is 11.5. The van der Waals surface area contributed by atoms with Gasteiger partial charge in [-0.3, -0.25) is 4.79 Å². The van der Waals surface area contributed by atoms with E-state index in [1.165, 1.54) is 0 Å². The molecule has 0 radical (unpaired) electrons. The van der Waals surface area contributed by atoms with E-state index in [-0.39, 0.29) is 0 Å². The van der Waals surface area contributed by atoms with Crippen molar-refractivity contribution >= 4 is 11.4 Å². The fourth-order valence-corrected chi connectivity index (χ4v) is 2.22. The summed E-state index contributed by atoms with van der Waals surface area (Å²) in [4.78, 5) is 11.5. The van der Waals surface area contributed by atoms with Gasteiger partial charge in [-0.05, 0) is 29.8 Å². The van der Waals surface area contributed by atoms with Crippen LogP contribution >= 0.6 is 0 Å². The first-order valence-electron chi connectivity index (χ1n) is 5.72. The lowest BCUT2D eigenvalue weighted by Crippen LogP contribution is -2.12. The van der Waals surface area contributed by atoms with Gasteiger partial charge in [-0.2, -0.15) is 0 Å². The number of amides is 1. The minimum atomic E-state index is -0.402. The molecule has 0 aliphatic carbocycles. The van der Waals surface area contributed by atoms with Crippen LogP contribution in [-0.2, 0) is 0 Å². The fourth-order valence-electron chi connectivity index (χ4n) is 2.22. The van der Waals surface area contributed by atoms with Crippen molar-refractivity contribution in [3.63, 3.8) is 0 Å². The topological polar surface area (TPSA) is 47.5 Å². The number of aromatic nitrogens is 1. The predicted octanol–water partition coefficient (Wildman–Crippen LogP) is 2.71. The molecule has 3 nitrogen and oxygen atoms in total. The molecule has 0 aliphatic rings. The zero-order valence-electron chi connectivity index (χ0n) is 9.71. The minimum Gasteiger partial charge on any atom is -0.366 e. The van der Waals surface area contributed by atoms with Gasteiger partial charge in [0.1, 0.15) is 0 Å². The molecule has 0 bridgehead atoms. The molecule has 18 heavy (non-hydrogen) atoms. The number of carbonyl (C=O) groups excluding carboxylic acids is 1. The lowest BCUT2D eigenvalue weighted by atomic mass is 10.0. The van der Waals surface area contributed by atoms with E-state index in [0.717, 1.165) is 16.6 Å². The molecule has 88 valence electrons. The van der Waals surface area contributed by atoms with Gasteiger partial charge in [-0.1, -0.05) is 24.3 Å². The molecule has 0 fully saturated rings. The number of rotatable bonds is 2. The lowest BCUT2D eigenvalue weighted by molar-refractivity contribution is 0.100. The Morgan fingerprint density at radius 3 is 2.50 bits per heavy atom. The summed E-state index contributed by atoms with van der Waals surface area (Å²) < 4.78 is 2.02. The van der Waals surface area contributed by atoms with Crippen molar-refractivity contribution in [3.8, 4) is 11.1 Å². The highest BCUT2D eigenvalue weighted by Gasteiger charge is 2.11. The van der Waals surface area contributed by atoms with Crippen molar-refractivity contribution in [1.82, 2.24) is 4.40 Å². The van der Waals surface area contributed by atoms with E-state index in [1.54, 1.807) is 6.07 Å². The van der Waals surface area contributed by atoms with Gasteiger partial charge < -0.3 is 10.1 Å². The first-order chi connectivity index (χ1) is 8.77. The molecule has 0 atom stereocenters. The van der Waals surface area contributed by atoms with E-state index in [4.69, 9.17) is 5.73 Å². The number of hydrogen-bond donors (Lipinski definition) is 1. The average molecular weight is 236 g/mol. The van der Waals surface area contributed by atoms with Crippen molar-refractivity contribution in [1.29, 1.82) is 0 Å². The van der Waals surface area contributed by atoms with Crippen LogP contribution in [0.2, 0.25) is 0 Å². The van der Waals surface area contributed by atoms with Crippen LogP contribution in [0.15, 0.2) is 60.9 Å². The molecule has 3 rings (SSSR count). The molecular weight excluding hydrogens is 224 g/mol. The molecule has 1 amide bonds. The number of pyridine rings is 1. The second-order valence-electron chi connectivity index (χ2n) is 4.13. The first kappa shape index (κ1) is 10.6. The Bertz CT molecular complexity index is 728. The molecule has 0 spiro atoms. The highest BCUT2D eigenvalue weighted by molar-refractivity contribution is 6.01. The Labute approximate surface area is 104 Å². The van der Waals surface area contributed by atoms with E-state index in [9.17, 15) is 4.79 Å². The first-order valence-corrected chi connectivity index (χ1v) is 5.72. The van der Waals surface area contributed by atoms with Crippen LogP contribution in [0, 0.1) is 0 Å². The van der Waals surface area contributed by atoms with E-state index >= 15 is 0 Å². The van der Waals surface area contributed by atoms with Gasteiger partial charge in [0.05, 0.1) is 5.52 Å². The summed E-state index contributed by atoms with van der Waals surface area (Å²) in [5.74, 6) is -0.402. The van der Waals surface area contributed by atoms with Gasteiger partial charge in [0.2, 0.25) is 5.91 Å². The third-order valence-electron chi connectivity index (χ3n) is 3.05. The SMILES string of the molecule is NC(=O)c1ccccc1-c1ccn2ccccc12. The summed E-state index contributed by atoms with van der Waals surface area (Å²) in [6.45, 7) is 0. The van der Waals surface area contributed by atoms with Crippen molar-refractivity contribution in [2.75, 3.05) is 0 Å². The third-order valence-corrected chi connectivity index (χ3v) is 3.05. The number of primary amides is 1. The number of nitrogens with two attached hydrogens (primary N) is 1. The van der Waals surface area contributed by atoms with Gasteiger partial charge in [-0.15, -0.1) is 0 Å². The molecule has 2 N–H and O–H groups in total. The van der Waals surface area contributed by atoms with E-state index < -0.39 is 5.91 Å². The molecule has 3 aromatic rings. The Kier molecular flexibility index (Phi) is 2.38. The minimum absolute atomic E-state index is 0.402. The summed E-state index contributed by atoms with van der Waals surface area (Å²) in [7, 11) is 0. The second-order valence-corrected chi connectivity index (χ2v) is 4.13. The van der Waals surface area contributed by atoms with Crippen molar-refractivity contribution in [2.45, 2.75) is 0 Å². The van der Waals surface area contributed by atoms with Gasteiger partial charge in [-0.25, -0.2) is 0 Å². The Morgan fingerprint density at radius 1 is 0.889 bits per heavy atom. The summed E-state index contributed by atoms with van der Waals surface area (Å²) in [5.41, 5.74) is 8.92. The van der Waals surface area contributed by atoms with Crippen molar-refractivity contribution < 1.29 is 4.79 Å². The largest absolute Gasteiger partial charge is 0.366 e. The Hall–Kier alpha value is -2.55. The van der Waals surface area contributed by atoms with Gasteiger partial charge in [0.25, 0.3) is 0 Å². The zero-order chi connectivity index (χ0) is 12.5. The van der Waals surface area contributed by atoms with E-state index in [2.05, 4.69) is 0 Å². The normalized spacial score (nSPS) is 10.7. The number of carbonyl (C=O) groups is 1. The number of nitrogens with zero attached hydrogens (tertiary/aromatic N) is 1. The van der Waals surface area contributed by atoms with Crippen LogP contribution in [0.1, 0.15) is 10.4 Å². The molecule has 0 saturated heterocycles. The van der Waals surface area contributed by atoms with Gasteiger partial charge in [0, 0.05) is 23.5 Å². The molecular formula is C15H12N2O. The van der Waals surface area contributed by atoms with Crippen molar-refractivity contribution in [3.05, 3.63) is 66.5 Å². The zero-order valence-corrected chi connectivity index (χ0v) is 9.71. The maximum atomic E-state index is 11.5.